The fourth-order valence-corrected chi connectivity index (χ4v) is 5.05. The van der Waals surface area contributed by atoms with Gasteiger partial charge in [0.05, 0.1) is 30.1 Å². The van der Waals surface area contributed by atoms with Gasteiger partial charge >= 0.3 is 23.9 Å². The fraction of sp³-hybridized carbons (Fsp3) is 0.238. The van der Waals surface area contributed by atoms with Gasteiger partial charge in [0.2, 0.25) is 0 Å². The first-order chi connectivity index (χ1) is 14.2. The molecule has 5 rings (SSSR count). The number of hydrogen-bond donors (Lipinski definition) is 4. The van der Waals surface area contributed by atoms with Crippen molar-refractivity contribution in [3.05, 3.63) is 63.7 Å². The van der Waals surface area contributed by atoms with Crippen LogP contribution in [0.5, 0.6) is 5.75 Å². The number of hydrogen-bond acceptors (Lipinski definition) is 5. The third-order valence-corrected chi connectivity index (χ3v) is 6.00. The third kappa shape index (κ3) is 2.41. The number of rotatable bonds is 5. The molecule has 2 bridgehead atoms. The van der Waals surface area contributed by atoms with Gasteiger partial charge in [-0.3, -0.25) is 9.59 Å². The molecule has 0 radical (unpaired) electrons. The number of aromatic carboxylic acids is 2. The predicted molar refractivity (Wildman–Crippen MR) is 99.3 cm³/mol. The third-order valence-electron chi connectivity index (χ3n) is 6.00. The highest BCUT2D eigenvalue weighted by Gasteiger charge is 2.58. The van der Waals surface area contributed by atoms with Gasteiger partial charge in [-0.25, -0.2) is 9.59 Å². The number of aliphatic carboxylic acids is 2. The van der Waals surface area contributed by atoms with Gasteiger partial charge in [0, 0.05) is 17.4 Å². The van der Waals surface area contributed by atoms with Crippen molar-refractivity contribution in [3.63, 3.8) is 0 Å². The maximum absolute atomic E-state index is 12.2. The molecule has 9 heteroatoms. The molecule has 0 saturated heterocycles. The van der Waals surface area contributed by atoms with E-state index >= 15 is 0 Å². The number of benzene rings is 2. The molecule has 0 fully saturated rings. The minimum atomic E-state index is -1.53. The molecule has 2 aromatic carbocycles. The molecule has 0 unspecified atom stereocenters. The normalized spacial score (nSPS) is 23.2. The van der Waals surface area contributed by atoms with Gasteiger partial charge in [0.15, 0.2) is 0 Å². The van der Waals surface area contributed by atoms with Crippen molar-refractivity contribution in [2.75, 3.05) is 7.11 Å². The number of carboxylic acid groups (broad SMARTS) is 4. The highest BCUT2D eigenvalue weighted by Crippen LogP contribution is 2.61. The van der Waals surface area contributed by atoms with Gasteiger partial charge in [-0.2, -0.15) is 0 Å². The lowest BCUT2D eigenvalue weighted by molar-refractivity contribution is -0.156. The summed E-state index contributed by atoms with van der Waals surface area (Å²) in [4.78, 5) is 48.2. The highest BCUT2D eigenvalue weighted by atomic mass is 16.5. The molecule has 4 N–H and O–H groups in total. The summed E-state index contributed by atoms with van der Waals surface area (Å²) < 4.78 is 5.33. The Morgan fingerprint density at radius 1 is 0.800 bits per heavy atom. The van der Waals surface area contributed by atoms with Gasteiger partial charge in [0.1, 0.15) is 5.75 Å². The Kier molecular flexibility index (Phi) is 4.26. The maximum Gasteiger partial charge on any atom is 0.336 e. The van der Waals surface area contributed by atoms with Crippen molar-refractivity contribution in [3.8, 4) is 5.75 Å². The van der Waals surface area contributed by atoms with E-state index in [1.54, 1.807) is 24.3 Å². The van der Waals surface area contributed by atoms with Gasteiger partial charge in [-0.1, -0.05) is 24.3 Å². The van der Waals surface area contributed by atoms with E-state index in [1.165, 1.54) is 7.11 Å². The molecule has 4 atom stereocenters. The number of methoxy groups -OCH3 is 1. The van der Waals surface area contributed by atoms with Crippen molar-refractivity contribution in [2.45, 2.75) is 11.8 Å². The van der Waals surface area contributed by atoms with Gasteiger partial charge in [0.25, 0.3) is 0 Å². The number of fused-ring (bicyclic) bond motifs is 1. The van der Waals surface area contributed by atoms with Crippen LogP contribution in [0.25, 0.3) is 0 Å². The van der Waals surface area contributed by atoms with Crippen LogP contribution < -0.4 is 4.74 Å². The number of carboxylic acids is 4. The zero-order chi connectivity index (χ0) is 21.9. The van der Waals surface area contributed by atoms with Crippen LogP contribution in [-0.2, 0) is 9.59 Å². The monoisotopic (exact) mass is 412 g/mol. The van der Waals surface area contributed by atoms with Crippen molar-refractivity contribution in [2.24, 2.45) is 11.8 Å². The van der Waals surface area contributed by atoms with Crippen LogP contribution in [0.2, 0.25) is 0 Å². The zero-order valence-corrected chi connectivity index (χ0v) is 15.5. The Morgan fingerprint density at radius 3 is 1.70 bits per heavy atom. The molecule has 3 aliphatic carbocycles. The average Bonchev–Trinajstić information content (AvgIpc) is 2.71. The summed E-state index contributed by atoms with van der Waals surface area (Å²) in [6, 6.07) is 7.68. The van der Waals surface area contributed by atoms with Crippen LogP contribution in [0.4, 0.5) is 0 Å². The van der Waals surface area contributed by atoms with E-state index in [2.05, 4.69) is 0 Å². The topological polar surface area (TPSA) is 158 Å². The van der Waals surface area contributed by atoms with Gasteiger partial charge < -0.3 is 25.2 Å². The minimum Gasteiger partial charge on any atom is -0.496 e. The van der Waals surface area contributed by atoms with E-state index in [4.69, 9.17) is 4.74 Å². The second kappa shape index (κ2) is 6.58. The fourth-order valence-electron chi connectivity index (χ4n) is 5.05. The molecule has 2 aromatic rings. The van der Waals surface area contributed by atoms with Gasteiger partial charge in [-0.05, 0) is 22.8 Å². The molecule has 0 aromatic heterocycles. The second-order valence-corrected chi connectivity index (χ2v) is 7.25. The number of ether oxygens (including phenoxy) is 1. The van der Waals surface area contributed by atoms with Crippen molar-refractivity contribution < 1.29 is 44.3 Å². The molecule has 0 saturated carbocycles. The van der Waals surface area contributed by atoms with Crippen LogP contribution in [0.1, 0.15) is 54.8 Å². The van der Waals surface area contributed by atoms with Crippen LogP contribution in [0.3, 0.4) is 0 Å². The lowest BCUT2D eigenvalue weighted by Gasteiger charge is -2.48. The predicted octanol–water partition coefficient (Wildman–Crippen LogP) is 2.08. The lowest BCUT2D eigenvalue weighted by atomic mass is 9.53. The number of carbonyl (C=O) groups is 4. The van der Waals surface area contributed by atoms with Crippen LogP contribution in [-0.4, -0.2) is 51.4 Å². The largest absolute Gasteiger partial charge is 0.496 e. The van der Waals surface area contributed by atoms with Crippen molar-refractivity contribution in [1.29, 1.82) is 0 Å². The van der Waals surface area contributed by atoms with Crippen LogP contribution in [0.15, 0.2) is 30.3 Å². The summed E-state index contributed by atoms with van der Waals surface area (Å²) in [6.07, 6.45) is 0. The van der Waals surface area contributed by atoms with E-state index < -0.39 is 58.7 Å². The van der Waals surface area contributed by atoms with E-state index in [1.807, 2.05) is 0 Å². The van der Waals surface area contributed by atoms with E-state index in [0.29, 0.717) is 11.1 Å². The second-order valence-electron chi connectivity index (χ2n) is 7.25. The Hall–Kier alpha value is -3.88. The standard InChI is InChI=1S/C21H16O9/c1-30-10-6-9(18(22)23)13(19(24)25)15-12-8-5-3-2-4-7(8)11(14(10)15)16(20(26)27)17(12)21(28)29/h2-6,11-12,16-17H,1H3,(H,22,23)(H,24,25)(H,26,27)(H,28,29)/t11-,12+,16+,17+/m1/s1. The molecular weight excluding hydrogens is 396 g/mol. The van der Waals surface area contributed by atoms with E-state index in [9.17, 15) is 39.6 Å². The summed E-state index contributed by atoms with van der Waals surface area (Å²) in [5.41, 5.74) is 0.169. The molecule has 3 aliphatic rings. The summed E-state index contributed by atoms with van der Waals surface area (Å²) in [6.45, 7) is 0. The molecule has 0 amide bonds. The summed E-state index contributed by atoms with van der Waals surface area (Å²) in [5.74, 6) is -10.8. The first kappa shape index (κ1) is 19.4. The summed E-state index contributed by atoms with van der Waals surface area (Å²) in [7, 11) is 1.26. The Bertz CT molecular complexity index is 1130. The first-order valence-corrected chi connectivity index (χ1v) is 8.96. The molecule has 9 nitrogen and oxygen atoms in total. The van der Waals surface area contributed by atoms with Crippen LogP contribution >= 0.6 is 0 Å². The quantitative estimate of drug-likeness (QED) is 0.577. The molecular formula is C21H16O9. The molecule has 0 spiro atoms. The molecule has 0 aliphatic heterocycles. The highest BCUT2D eigenvalue weighted by molar-refractivity contribution is 6.05. The first-order valence-electron chi connectivity index (χ1n) is 8.96. The zero-order valence-electron chi connectivity index (χ0n) is 15.5. The molecule has 0 heterocycles. The Balaban J connectivity index is 2.21. The smallest absolute Gasteiger partial charge is 0.336 e. The van der Waals surface area contributed by atoms with Crippen LogP contribution in [0, 0.1) is 11.8 Å². The Morgan fingerprint density at radius 2 is 1.30 bits per heavy atom. The lowest BCUT2D eigenvalue weighted by Crippen LogP contribution is -2.48. The van der Waals surface area contributed by atoms with Crippen molar-refractivity contribution in [1.82, 2.24) is 0 Å². The molecule has 154 valence electrons. The Labute approximate surface area is 169 Å². The van der Waals surface area contributed by atoms with E-state index in [-0.39, 0.29) is 16.9 Å². The average molecular weight is 412 g/mol. The minimum absolute atomic E-state index is 0.00662. The van der Waals surface area contributed by atoms with Crippen molar-refractivity contribution >= 4 is 23.9 Å². The van der Waals surface area contributed by atoms with E-state index in [0.717, 1.165) is 6.07 Å². The maximum atomic E-state index is 12.2. The molecule has 30 heavy (non-hydrogen) atoms. The van der Waals surface area contributed by atoms with Gasteiger partial charge in [-0.15, -0.1) is 0 Å². The summed E-state index contributed by atoms with van der Waals surface area (Å²) >= 11 is 0. The summed E-state index contributed by atoms with van der Waals surface area (Å²) in [5, 5.41) is 39.2. The SMILES string of the molecule is COc1cc(C(=O)O)c(C(=O)O)c2c1[C@H]1c3ccccc3[C@@H]2[C@H](C(=O)O)[C@H]1C(=O)O.